The molecule has 0 fully saturated rings. The van der Waals surface area contributed by atoms with Crippen molar-refractivity contribution in [1.82, 2.24) is 0 Å². The first-order chi connectivity index (χ1) is 29.9. The van der Waals surface area contributed by atoms with Crippen molar-refractivity contribution in [3.8, 4) is 35.2 Å². The molecule has 0 aliphatic rings. The van der Waals surface area contributed by atoms with Gasteiger partial charge in [-0.3, -0.25) is 0 Å². The number of rotatable bonds is 20. The molecular formula is C60H74O2. The van der Waals surface area contributed by atoms with E-state index in [4.69, 9.17) is 9.47 Å². The molecular weight excluding hydrogens is 753 g/mol. The zero-order valence-corrected chi connectivity index (χ0v) is 39.6. The van der Waals surface area contributed by atoms with Gasteiger partial charge in [-0.1, -0.05) is 181 Å². The van der Waals surface area contributed by atoms with Gasteiger partial charge in [-0.15, -0.1) is 0 Å². The van der Waals surface area contributed by atoms with E-state index in [1.165, 1.54) is 133 Å². The van der Waals surface area contributed by atoms with Crippen LogP contribution >= 0.6 is 0 Å². The lowest BCUT2D eigenvalue weighted by Crippen LogP contribution is -2.12. The van der Waals surface area contributed by atoms with Crippen LogP contribution in [0.1, 0.15) is 192 Å². The molecule has 6 rings (SSSR count). The second-order valence-corrected chi connectivity index (χ2v) is 19.8. The van der Waals surface area contributed by atoms with Crippen molar-refractivity contribution in [3.05, 3.63) is 118 Å². The number of ether oxygens (including phenoxy) is 2. The lowest BCUT2D eigenvalue weighted by atomic mass is 9.79. The summed E-state index contributed by atoms with van der Waals surface area (Å²) in [6, 6.07) is 30.8. The molecule has 326 valence electrons. The SMILES string of the molecule is CCCCCCCCCCOc1ccc(C#Cc2cc3cc(C(C)(C)C)cc4cc(C#Cc5ccc(OCCCCCCCCCC)cc5)c5cc(C(C)(C)C)cc2c5c34)cc1. The molecule has 0 bridgehead atoms. The van der Waals surface area contributed by atoms with E-state index in [2.05, 4.69) is 164 Å². The normalized spacial score (nSPS) is 11.8. The molecule has 0 saturated heterocycles. The first-order valence-corrected chi connectivity index (χ1v) is 24.3. The van der Waals surface area contributed by atoms with Gasteiger partial charge in [0.05, 0.1) is 13.2 Å². The van der Waals surface area contributed by atoms with Crippen LogP contribution in [0, 0.1) is 23.7 Å². The van der Waals surface area contributed by atoms with Crippen LogP contribution in [0.3, 0.4) is 0 Å². The standard InChI is InChI=1S/C60H74O2/c1-9-11-13-15-17-19-21-23-37-61-53-33-27-45(28-34-53)25-31-47-39-49-41-51(59(3,4)5)42-50-40-48(56-44-52(60(6,7)8)43-55(47)58(56)57(49)50)32-26-46-29-35-54(36-30-46)62-38-24-22-20-18-16-14-12-10-2/h27-30,33-36,39-44H,9-24,37-38H2,1-8H3. The van der Waals surface area contributed by atoms with Crippen molar-refractivity contribution >= 4 is 32.3 Å². The van der Waals surface area contributed by atoms with Crippen molar-refractivity contribution < 1.29 is 9.47 Å². The number of unbranched alkanes of at least 4 members (excludes halogenated alkanes) is 14. The first-order valence-electron chi connectivity index (χ1n) is 24.3. The van der Waals surface area contributed by atoms with Crippen LogP contribution in [-0.4, -0.2) is 13.2 Å². The van der Waals surface area contributed by atoms with Gasteiger partial charge in [-0.05, 0) is 140 Å². The molecule has 0 aromatic heterocycles. The van der Waals surface area contributed by atoms with E-state index in [-0.39, 0.29) is 10.8 Å². The summed E-state index contributed by atoms with van der Waals surface area (Å²) in [7, 11) is 0. The summed E-state index contributed by atoms with van der Waals surface area (Å²) in [5.74, 6) is 16.2. The molecule has 2 nitrogen and oxygen atoms in total. The Morgan fingerprint density at radius 1 is 0.387 bits per heavy atom. The van der Waals surface area contributed by atoms with Crippen molar-refractivity contribution in [2.75, 3.05) is 13.2 Å². The van der Waals surface area contributed by atoms with Gasteiger partial charge in [-0.2, -0.15) is 0 Å². The number of benzene rings is 6. The van der Waals surface area contributed by atoms with Gasteiger partial charge in [0.1, 0.15) is 11.5 Å². The molecule has 2 heteroatoms. The Labute approximate surface area is 375 Å². The molecule has 62 heavy (non-hydrogen) atoms. The van der Waals surface area contributed by atoms with Crippen molar-refractivity contribution in [2.24, 2.45) is 0 Å². The minimum atomic E-state index is -0.0613. The predicted octanol–water partition coefficient (Wildman–Crippen LogP) is 17.0. The Morgan fingerprint density at radius 2 is 0.742 bits per heavy atom. The second kappa shape index (κ2) is 22.4. The van der Waals surface area contributed by atoms with Crippen molar-refractivity contribution in [2.45, 2.75) is 169 Å². The van der Waals surface area contributed by atoms with E-state index in [1.54, 1.807) is 0 Å². The van der Waals surface area contributed by atoms with Crippen LogP contribution in [0.25, 0.3) is 32.3 Å². The molecule has 0 saturated carbocycles. The molecule has 6 aromatic rings. The molecule has 0 aliphatic heterocycles. The summed E-state index contributed by atoms with van der Waals surface area (Å²) >= 11 is 0. The fourth-order valence-corrected chi connectivity index (χ4v) is 8.48. The lowest BCUT2D eigenvalue weighted by molar-refractivity contribution is 0.304. The average molecular weight is 827 g/mol. The fraction of sp³-hybridized carbons (Fsp3) is 0.467. The Morgan fingerprint density at radius 3 is 1.11 bits per heavy atom. The lowest BCUT2D eigenvalue weighted by Gasteiger charge is -2.24. The highest BCUT2D eigenvalue weighted by Gasteiger charge is 2.22. The third-order valence-corrected chi connectivity index (χ3v) is 12.4. The Kier molecular flexibility index (Phi) is 16.9. The van der Waals surface area contributed by atoms with Crippen LogP contribution in [-0.2, 0) is 10.8 Å². The predicted molar refractivity (Wildman–Crippen MR) is 269 cm³/mol. The molecule has 0 unspecified atom stereocenters. The Balaban J connectivity index is 1.27. The van der Waals surface area contributed by atoms with Crippen LogP contribution in [0.4, 0.5) is 0 Å². The number of hydrogen-bond donors (Lipinski definition) is 0. The molecule has 0 N–H and O–H groups in total. The van der Waals surface area contributed by atoms with Crippen LogP contribution in [0.5, 0.6) is 11.5 Å². The van der Waals surface area contributed by atoms with Gasteiger partial charge in [0.2, 0.25) is 0 Å². The molecule has 0 atom stereocenters. The summed E-state index contributed by atoms with van der Waals surface area (Å²) < 4.78 is 12.2. The summed E-state index contributed by atoms with van der Waals surface area (Å²) in [6.07, 6.45) is 20.8. The minimum absolute atomic E-state index is 0.0162. The fourth-order valence-electron chi connectivity index (χ4n) is 8.48. The third kappa shape index (κ3) is 13.1. The largest absolute Gasteiger partial charge is 0.494 e. The van der Waals surface area contributed by atoms with Gasteiger partial charge in [0, 0.05) is 22.3 Å². The zero-order chi connectivity index (χ0) is 44.0. The van der Waals surface area contributed by atoms with Gasteiger partial charge in [-0.25, -0.2) is 0 Å². The van der Waals surface area contributed by atoms with E-state index >= 15 is 0 Å². The molecule has 6 aromatic carbocycles. The number of hydrogen-bond acceptors (Lipinski definition) is 2. The summed E-state index contributed by atoms with van der Waals surface area (Å²) in [6.45, 7) is 19.8. The Hall–Kier alpha value is -4.92. The highest BCUT2D eigenvalue weighted by molar-refractivity contribution is 6.26. The van der Waals surface area contributed by atoms with Gasteiger partial charge in [0.25, 0.3) is 0 Å². The van der Waals surface area contributed by atoms with Gasteiger partial charge in [0.15, 0.2) is 0 Å². The molecule has 0 spiro atoms. The average Bonchev–Trinajstić information content (AvgIpc) is 3.25. The minimum Gasteiger partial charge on any atom is -0.494 e. The van der Waals surface area contributed by atoms with Gasteiger partial charge >= 0.3 is 0 Å². The zero-order valence-electron chi connectivity index (χ0n) is 39.6. The maximum absolute atomic E-state index is 6.12. The van der Waals surface area contributed by atoms with Gasteiger partial charge < -0.3 is 9.47 Å². The maximum Gasteiger partial charge on any atom is 0.119 e. The smallest absolute Gasteiger partial charge is 0.119 e. The van der Waals surface area contributed by atoms with Crippen LogP contribution in [0.2, 0.25) is 0 Å². The monoisotopic (exact) mass is 827 g/mol. The van der Waals surface area contributed by atoms with Crippen molar-refractivity contribution in [3.63, 3.8) is 0 Å². The van der Waals surface area contributed by atoms with Crippen LogP contribution in [0.15, 0.2) is 84.9 Å². The second-order valence-electron chi connectivity index (χ2n) is 19.8. The summed E-state index contributed by atoms with van der Waals surface area (Å²) in [5, 5.41) is 7.36. The molecule has 0 radical (unpaired) electrons. The van der Waals surface area contributed by atoms with E-state index in [0.29, 0.717) is 0 Å². The summed E-state index contributed by atoms with van der Waals surface area (Å²) in [4.78, 5) is 0. The highest BCUT2D eigenvalue weighted by Crippen LogP contribution is 2.42. The topological polar surface area (TPSA) is 18.5 Å². The molecule has 0 heterocycles. The van der Waals surface area contributed by atoms with E-state index in [0.717, 1.165) is 59.8 Å². The molecule has 0 aliphatic carbocycles. The quantitative estimate of drug-likeness (QED) is 0.0434. The molecule has 0 amide bonds. The van der Waals surface area contributed by atoms with E-state index < -0.39 is 0 Å². The third-order valence-electron chi connectivity index (χ3n) is 12.4. The van der Waals surface area contributed by atoms with Crippen molar-refractivity contribution in [1.29, 1.82) is 0 Å². The van der Waals surface area contributed by atoms with E-state index in [1.807, 2.05) is 0 Å². The maximum atomic E-state index is 6.12. The first kappa shape index (κ1) is 46.6. The Bertz CT molecular complexity index is 2290. The van der Waals surface area contributed by atoms with E-state index in [9.17, 15) is 0 Å². The van der Waals surface area contributed by atoms with Crippen LogP contribution < -0.4 is 9.47 Å². The highest BCUT2D eigenvalue weighted by atomic mass is 16.5. The summed E-state index contributed by atoms with van der Waals surface area (Å²) in [5.41, 5.74) is 6.57.